The number of carbonyl (C=O) groups is 2. The number of ether oxygens (including phenoxy) is 2. The molecule has 0 aliphatic heterocycles. The van der Waals surface area contributed by atoms with Gasteiger partial charge in [0.05, 0.1) is 12.6 Å². The van der Waals surface area contributed by atoms with Crippen molar-refractivity contribution in [3.63, 3.8) is 0 Å². The summed E-state index contributed by atoms with van der Waals surface area (Å²) in [5.74, 6) is 0.0549. The predicted molar refractivity (Wildman–Crippen MR) is 87.6 cm³/mol. The number of nitrogens with two attached hydrogens (primary N) is 1. The van der Waals surface area contributed by atoms with Gasteiger partial charge in [0.15, 0.2) is 5.69 Å². The molecule has 8 heteroatoms. The first-order valence-electron chi connectivity index (χ1n) is 8.07. The molecule has 0 aliphatic carbocycles. The van der Waals surface area contributed by atoms with Crippen molar-refractivity contribution in [2.75, 3.05) is 13.2 Å². The Morgan fingerprint density at radius 2 is 2.00 bits per heavy atom. The van der Waals surface area contributed by atoms with E-state index in [0.29, 0.717) is 12.2 Å². The Hall–Kier alpha value is -2.09. The van der Waals surface area contributed by atoms with Gasteiger partial charge in [0.25, 0.3) is 0 Å². The number of carbonyl (C=O) groups excluding carboxylic acids is 2. The van der Waals surface area contributed by atoms with Crippen molar-refractivity contribution < 1.29 is 23.5 Å². The first kappa shape index (κ1) is 20.0. The molecule has 0 spiro atoms. The molecule has 136 valence electrons. The summed E-state index contributed by atoms with van der Waals surface area (Å²) >= 11 is 0. The van der Waals surface area contributed by atoms with E-state index in [2.05, 4.69) is 10.3 Å². The van der Waals surface area contributed by atoms with Crippen LogP contribution in [-0.4, -0.2) is 35.8 Å². The van der Waals surface area contributed by atoms with Crippen molar-refractivity contribution in [1.82, 2.24) is 10.3 Å². The summed E-state index contributed by atoms with van der Waals surface area (Å²) in [5.41, 5.74) is 5.42. The van der Waals surface area contributed by atoms with E-state index in [4.69, 9.17) is 19.6 Å². The van der Waals surface area contributed by atoms with E-state index in [1.165, 1.54) is 0 Å². The smallest absolute Gasteiger partial charge is 0.407 e. The van der Waals surface area contributed by atoms with Crippen molar-refractivity contribution in [2.24, 2.45) is 5.73 Å². The number of rotatable bonds is 7. The number of hydrogen-bond donors (Lipinski definition) is 2. The van der Waals surface area contributed by atoms with Crippen molar-refractivity contribution in [2.45, 2.75) is 59.1 Å². The van der Waals surface area contributed by atoms with Crippen LogP contribution in [0.15, 0.2) is 4.42 Å². The number of nitrogens with one attached hydrogen (secondary N) is 1. The van der Waals surface area contributed by atoms with Gasteiger partial charge in [0.2, 0.25) is 5.89 Å². The van der Waals surface area contributed by atoms with Gasteiger partial charge in [0.1, 0.15) is 11.4 Å². The predicted octanol–water partition coefficient (Wildman–Crippen LogP) is 2.33. The molecule has 24 heavy (non-hydrogen) atoms. The minimum Gasteiger partial charge on any atom is -0.461 e. The van der Waals surface area contributed by atoms with Crippen LogP contribution >= 0.6 is 0 Å². The molecule has 3 N–H and O–H groups in total. The van der Waals surface area contributed by atoms with Crippen LogP contribution < -0.4 is 11.1 Å². The first-order valence-corrected chi connectivity index (χ1v) is 8.07. The molecule has 0 radical (unpaired) electrons. The molecule has 1 amide bonds. The van der Waals surface area contributed by atoms with Crippen molar-refractivity contribution >= 4 is 12.1 Å². The van der Waals surface area contributed by atoms with Gasteiger partial charge in [-0.2, -0.15) is 0 Å². The lowest BCUT2D eigenvalue weighted by Crippen LogP contribution is -2.33. The maximum atomic E-state index is 12.0. The lowest BCUT2D eigenvalue weighted by atomic mass is 10.2. The second kappa shape index (κ2) is 8.68. The number of oxazole rings is 1. The summed E-state index contributed by atoms with van der Waals surface area (Å²) < 4.78 is 15.7. The molecule has 0 saturated heterocycles. The van der Waals surface area contributed by atoms with Crippen LogP contribution in [0.5, 0.6) is 0 Å². The van der Waals surface area contributed by atoms with Gasteiger partial charge in [-0.15, -0.1) is 0 Å². The monoisotopic (exact) mass is 341 g/mol. The first-order chi connectivity index (χ1) is 11.2. The summed E-state index contributed by atoms with van der Waals surface area (Å²) in [6.45, 7) is 9.40. The third kappa shape index (κ3) is 6.19. The molecular formula is C16H27N3O5. The van der Waals surface area contributed by atoms with Gasteiger partial charge >= 0.3 is 12.1 Å². The molecule has 0 saturated carbocycles. The van der Waals surface area contributed by atoms with Crippen LogP contribution in [0.3, 0.4) is 0 Å². The highest BCUT2D eigenvalue weighted by atomic mass is 16.6. The third-order valence-corrected chi connectivity index (χ3v) is 2.96. The van der Waals surface area contributed by atoms with Gasteiger partial charge < -0.3 is 24.9 Å². The molecule has 0 aliphatic rings. The minimum atomic E-state index is -0.576. The van der Waals surface area contributed by atoms with Crippen molar-refractivity contribution in [3.8, 4) is 0 Å². The Kier molecular flexibility index (Phi) is 7.21. The summed E-state index contributed by atoms with van der Waals surface area (Å²) in [6, 6.07) is -0.397. The topological polar surface area (TPSA) is 117 Å². The van der Waals surface area contributed by atoms with Crippen molar-refractivity contribution in [3.05, 3.63) is 17.3 Å². The number of nitrogens with zero attached hydrogens (tertiary/aromatic N) is 1. The number of amides is 1. The number of aromatic nitrogens is 1. The Morgan fingerprint density at radius 1 is 1.33 bits per heavy atom. The Morgan fingerprint density at radius 3 is 2.54 bits per heavy atom. The SMILES string of the molecule is CCOC(=O)c1nc(C(N)CC)oc1CCNC(=O)OC(C)(C)C. The molecule has 8 nitrogen and oxygen atoms in total. The normalized spacial score (nSPS) is 12.6. The van der Waals surface area contributed by atoms with Crippen LogP contribution in [0.1, 0.15) is 69.2 Å². The fourth-order valence-corrected chi connectivity index (χ4v) is 1.82. The van der Waals surface area contributed by atoms with E-state index in [-0.39, 0.29) is 31.2 Å². The number of hydrogen-bond acceptors (Lipinski definition) is 7. The number of esters is 1. The molecule has 1 atom stereocenters. The van der Waals surface area contributed by atoms with Crippen LogP contribution in [0.4, 0.5) is 4.79 Å². The van der Waals surface area contributed by atoms with E-state index in [0.717, 1.165) is 0 Å². The van der Waals surface area contributed by atoms with E-state index in [9.17, 15) is 9.59 Å². The summed E-state index contributed by atoms with van der Waals surface area (Å²) in [5, 5.41) is 2.61. The second-order valence-electron chi connectivity index (χ2n) is 6.24. The fraction of sp³-hybridized carbons (Fsp3) is 0.688. The van der Waals surface area contributed by atoms with Gasteiger partial charge in [-0.05, 0) is 34.1 Å². The zero-order chi connectivity index (χ0) is 18.3. The molecule has 0 fully saturated rings. The van der Waals surface area contributed by atoms with Crippen LogP contribution in [-0.2, 0) is 15.9 Å². The standard InChI is InChI=1S/C16H27N3O5/c1-6-10(17)13-19-12(14(20)22-7-2)11(23-13)8-9-18-15(21)24-16(3,4)5/h10H,6-9,17H2,1-5H3,(H,18,21). The van der Waals surface area contributed by atoms with Gasteiger partial charge in [-0.3, -0.25) is 0 Å². The van der Waals surface area contributed by atoms with Gasteiger partial charge in [-0.25, -0.2) is 14.6 Å². The summed E-state index contributed by atoms with van der Waals surface area (Å²) in [6.07, 6.45) is 0.361. The average Bonchev–Trinajstić information content (AvgIpc) is 2.89. The average molecular weight is 341 g/mol. The molecule has 0 bridgehead atoms. The molecular weight excluding hydrogens is 314 g/mol. The fourth-order valence-electron chi connectivity index (χ4n) is 1.82. The van der Waals surface area contributed by atoms with Gasteiger partial charge in [-0.1, -0.05) is 6.92 Å². The summed E-state index contributed by atoms with van der Waals surface area (Å²) in [7, 11) is 0. The molecule has 1 rings (SSSR count). The largest absolute Gasteiger partial charge is 0.461 e. The van der Waals surface area contributed by atoms with E-state index in [1.54, 1.807) is 27.7 Å². The lowest BCUT2D eigenvalue weighted by molar-refractivity contribution is 0.0516. The van der Waals surface area contributed by atoms with Crippen LogP contribution in [0.25, 0.3) is 0 Å². The zero-order valence-corrected chi connectivity index (χ0v) is 15.0. The molecule has 1 aromatic heterocycles. The van der Waals surface area contributed by atoms with Crippen LogP contribution in [0, 0.1) is 0 Å². The Bertz CT molecular complexity index is 563. The van der Waals surface area contributed by atoms with E-state index in [1.807, 2.05) is 6.92 Å². The van der Waals surface area contributed by atoms with E-state index < -0.39 is 23.7 Å². The van der Waals surface area contributed by atoms with Gasteiger partial charge in [0, 0.05) is 13.0 Å². The molecule has 1 heterocycles. The highest BCUT2D eigenvalue weighted by Gasteiger charge is 2.23. The maximum absolute atomic E-state index is 12.0. The second-order valence-corrected chi connectivity index (χ2v) is 6.24. The maximum Gasteiger partial charge on any atom is 0.407 e. The molecule has 1 aromatic rings. The lowest BCUT2D eigenvalue weighted by Gasteiger charge is -2.19. The highest BCUT2D eigenvalue weighted by molar-refractivity contribution is 5.88. The minimum absolute atomic E-state index is 0.0988. The Balaban J connectivity index is 2.76. The zero-order valence-electron chi connectivity index (χ0n) is 15.0. The third-order valence-electron chi connectivity index (χ3n) is 2.96. The molecule has 0 aromatic carbocycles. The summed E-state index contributed by atoms with van der Waals surface area (Å²) in [4.78, 5) is 27.8. The van der Waals surface area contributed by atoms with E-state index >= 15 is 0 Å². The molecule has 1 unspecified atom stereocenters. The van der Waals surface area contributed by atoms with Crippen molar-refractivity contribution in [1.29, 1.82) is 0 Å². The Labute approximate surface area is 142 Å². The highest BCUT2D eigenvalue weighted by Crippen LogP contribution is 2.19. The van der Waals surface area contributed by atoms with Crippen LogP contribution in [0.2, 0.25) is 0 Å². The number of alkyl carbamates (subject to hydrolysis) is 1. The quantitative estimate of drug-likeness (QED) is 0.731.